The summed E-state index contributed by atoms with van der Waals surface area (Å²) in [5.74, 6) is 1.17. The molecule has 0 unspecified atom stereocenters. The zero-order valence-corrected chi connectivity index (χ0v) is 16.8. The maximum Gasteiger partial charge on any atom is 0.312 e. The van der Waals surface area contributed by atoms with E-state index in [-0.39, 0.29) is 19.0 Å². The highest BCUT2D eigenvalue weighted by molar-refractivity contribution is 6.30. The van der Waals surface area contributed by atoms with Gasteiger partial charge in [0.1, 0.15) is 18.1 Å². The first kappa shape index (κ1) is 19.8. The molecule has 0 saturated carbocycles. The zero-order chi connectivity index (χ0) is 20.1. The summed E-state index contributed by atoms with van der Waals surface area (Å²) in [6.45, 7) is 0.227. The molecular weight excluding hydrogens is 378 g/mol. The van der Waals surface area contributed by atoms with Crippen LogP contribution in [-0.4, -0.2) is 24.8 Å². The highest BCUT2D eigenvalue weighted by atomic mass is 35.5. The Balaban J connectivity index is 1.67. The summed E-state index contributed by atoms with van der Waals surface area (Å²) in [7, 11) is 5.12. The van der Waals surface area contributed by atoms with Crippen molar-refractivity contribution in [3.8, 4) is 22.6 Å². The van der Waals surface area contributed by atoms with Crippen molar-refractivity contribution >= 4 is 17.6 Å². The highest BCUT2D eigenvalue weighted by Crippen LogP contribution is 2.33. The lowest BCUT2D eigenvalue weighted by Crippen LogP contribution is -2.10. The fourth-order valence-corrected chi connectivity index (χ4v) is 3.08. The Hall–Kier alpha value is -2.92. The SMILES string of the molecule is COc1ccc(COC(=O)Cc2cc(-c3ccc(Cl)cc3OC)cn2C)cc1. The molecule has 0 spiro atoms. The van der Waals surface area contributed by atoms with Crippen molar-refractivity contribution < 1.29 is 19.0 Å². The normalized spacial score (nSPS) is 10.6. The summed E-state index contributed by atoms with van der Waals surface area (Å²) in [6.07, 6.45) is 2.14. The van der Waals surface area contributed by atoms with E-state index in [0.29, 0.717) is 10.8 Å². The number of carbonyl (C=O) groups is 1. The molecule has 2 aromatic carbocycles. The molecule has 0 radical (unpaired) electrons. The average molecular weight is 400 g/mol. The maximum atomic E-state index is 12.3. The van der Waals surface area contributed by atoms with Crippen LogP contribution in [0.2, 0.25) is 5.02 Å². The van der Waals surface area contributed by atoms with E-state index in [4.69, 9.17) is 25.8 Å². The molecule has 0 N–H and O–H groups in total. The van der Waals surface area contributed by atoms with Crippen LogP contribution in [0, 0.1) is 0 Å². The van der Waals surface area contributed by atoms with Gasteiger partial charge in [-0.05, 0) is 42.0 Å². The first-order valence-corrected chi connectivity index (χ1v) is 9.15. The molecule has 146 valence electrons. The second-order valence-electron chi connectivity index (χ2n) is 6.36. The van der Waals surface area contributed by atoms with Crippen LogP contribution < -0.4 is 9.47 Å². The minimum Gasteiger partial charge on any atom is -0.497 e. The molecule has 0 atom stereocenters. The molecule has 3 aromatic rings. The number of aromatic nitrogens is 1. The first-order chi connectivity index (χ1) is 13.5. The van der Waals surface area contributed by atoms with E-state index >= 15 is 0 Å². The molecule has 5 nitrogen and oxygen atoms in total. The van der Waals surface area contributed by atoms with E-state index < -0.39 is 0 Å². The number of hydrogen-bond donors (Lipinski definition) is 0. The number of halogens is 1. The first-order valence-electron chi connectivity index (χ1n) is 8.78. The Kier molecular flexibility index (Phi) is 6.26. The molecule has 0 bridgehead atoms. The van der Waals surface area contributed by atoms with E-state index in [1.807, 2.05) is 60.3 Å². The van der Waals surface area contributed by atoms with Crippen molar-refractivity contribution in [3.05, 3.63) is 71.0 Å². The maximum absolute atomic E-state index is 12.3. The number of ether oxygens (including phenoxy) is 3. The van der Waals surface area contributed by atoms with Crippen molar-refractivity contribution in [2.45, 2.75) is 13.0 Å². The molecule has 1 heterocycles. The molecule has 0 aliphatic heterocycles. The van der Waals surface area contributed by atoms with Gasteiger partial charge in [0.05, 0.1) is 20.6 Å². The Labute approximate surface area is 169 Å². The minimum atomic E-state index is -0.286. The summed E-state index contributed by atoms with van der Waals surface area (Å²) in [4.78, 5) is 12.3. The van der Waals surface area contributed by atoms with Gasteiger partial charge in [0, 0.05) is 35.1 Å². The second-order valence-corrected chi connectivity index (χ2v) is 6.80. The van der Waals surface area contributed by atoms with Crippen LogP contribution in [0.5, 0.6) is 11.5 Å². The van der Waals surface area contributed by atoms with Crippen LogP contribution in [0.1, 0.15) is 11.3 Å². The van der Waals surface area contributed by atoms with E-state index in [1.54, 1.807) is 20.3 Å². The van der Waals surface area contributed by atoms with Crippen molar-refractivity contribution in [3.63, 3.8) is 0 Å². The Morgan fingerprint density at radius 2 is 1.79 bits per heavy atom. The number of benzene rings is 2. The molecule has 0 aliphatic rings. The van der Waals surface area contributed by atoms with Crippen LogP contribution in [0.15, 0.2) is 54.7 Å². The van der Waals surface area contributed by atoms with Gasteiger partial charge < -0.3 is 18.8 Å². The lowest BCUT2D eigenvalue weighted by Gasteiger charge is -2.07. The summed E-state index contributed by atoms with van der Waals surface area (Å²) < 4.78 is 17.9. The zero-order valence-electron chi connectivity index (χ0n) is 16.1. The van der Waals surface area contributed by atoms with Gasteiger partial charge >= 0.3 is 5.97 Å². The van der Waals surface area contributed by atoms with Gasteiger partial charge in [0.25, 0.3) is 0 Å². The molecule has 0 fully saturated rings. The van der Waals surface area contributed by atoms with Gasteiger partial charge in [-0.25, -0.2) is 0 Å². The fourth-order valence-electron chi connectivity index (χ4n) is 2.92. The van der Waals surface area contributed by atoms with Gasteiger partial charge in [0.2, 0.25) is 0 Å². The third-order valence-electron chi connectivity index (χ3n) is 4.47. The molecule has 3 rings (SSSR count). The summed E-state index contributed by atoms with van der Waals surface area (Å²) in [6, 6.07) is 14.9. The predicted molar refractivity (Wildman–Crippen MR) is 109 cm³/mol. The number of carbonyl (C=O) groups excluding carboxylic acids is 1. The number of aryl methyl sites for hydroxylation is 1. The van der Waals surface area contributed by atoms with Gasteiger partial charge in [-0.3, -0.25) is 4.79 Å². The second kappa shape index (κ2) is 8.85. The largest absolute Gasteiger partial charge is 0.497 e. The van der Waals surface area contributed by atoms with Crippen LogP contribution in [0.25, 0.3) is 11.1 Å². The highest BCUT2D eigenvalue weighted by Gasteiger charge is 2.14. The van der Waals surface area contributed by atoms with Crippen molar-refractivity contribution in [1.82, 2.24) is 4.57 Å². The molecule has 0 amide bonds. The van der Waals surface area contributed by atoms with Crippen molar-refractivity contribution in [2.24, 2.45) is 7.05 Å². The smallest absolute Gasteiger partial charge is 0.312 e. The summed E-state index contributed by atoms with van der Waals surface area (Å²) in [5, 5.41) is 0.610. The molecule has 0 saturated heterocycles. The third kappa shape index (κ3) is 4.67. The standard InChI is InChI=1S/C22H22ClNO4/c1-24-13-16(20-9-6-17(23)11-21(20)27-3)10-18(24)12-22(25)28-14-15-4-7-19(26-2)8-5-15/h4-11,13H,12,14H2,1-3H3. The van der Waals surface area contributed by atoms with E-state index in [0.717, 1.165) is 28.1 Å². The summed E-state index contributed by atoms with van der Waals surface area (Å²) >= 11 is 6.04. The Morgan fingerprint density at radius 1 is 1.04 bits per heavy atom. The van der Waals surface area contributed by atoms with Crippen LogP contribution in [0.3, 0.4) is 0 Å². The van der Waals surface area contributed by atoms with Gasteiger partial charge in [-0.2, -0.15) is 0 Å². The number of esters is 1. The van der Waals surface area contributed by atoms with Crippen LogP contribution in [0.4, 0.5) is 0 Å². The van der Waals surface area contributed by atoms with Crippen LogP contribution in [-0.2, 0) is 29.6 Å². The summed E-state index contributed by atoms with van der Waals surface area (Å²) in [5.41, 5.74) is 3.63. The number of hydrogen-bond acceptors (Lipinski definition) is 4. The number of nitrogens with zero attached hydrogens (tertiary/aromatic N) is 1. The Bertz CT molecular complexity index is 963. The van der Waals surface area contributed by atoms with E-state index in [2.05, 4.69) is 0 Å². The Morgan fingerprint density at radius 3 is 2.46 bits per heavy atom. The van der Waals surface area contributed by atoms with Crippen molar-refractivity contribution in [1.29, 1.82) is 0 Å². The predicted octanol–water partition coefficient (Wildman–Crippen LogP) is 4.65. The topological polar surface area (TPSA) is 49.7 Å². The van der Waals surface area contributed by atoms with Gasteiger partial charge in [-0.1, -0.05) is 23.7 Å². The monoisotopic (exact) mass is 399 g/mol. The van der Waals surface area contributed by atoms with E-state index in [9.17, 15) is 4.79 Å². The molecule has 0 aliphatic carbocycles. The van der Waals surface area contributed by atoms with Gasteiger partial charge in [-0.15, -0.1) is 0 Å². The molecule has 28 heavy (non-hydrogen) atoms. The minimum absolute atomic E-state index is 0.183. The van der Waals surface area contributed by atoms with Gasteiger partial charge in [0.15, 0.2) is 0 Å². The number of rotatable bonds is 7. The van der Waals surface area contributed by atoms with Crippen molar-refractivity contribution in [2.75, 3.05) is 14.2 Å². The fraction of sp³-hybridized carbons (Fsp3) is 0.227. The molecule has 6 heteroatoms. The van der Waals surface area contributed by atoms with Crippen LogP contribution >= 0.6 is 11.6 Å². The molecular formula is C22H22ClNO4. The lowest BCUT2D eigenvalue weighted by atomic mass is 10.1. The van der Waals surface area contributed by atoms with E-state index in [1.165, 1.54) is 0 Å². The average Bonchev–Trinajstić information content (AvgIpc) is 3.06. The molecule has 1 aromatic heterocycles. The third-order valence-corrected chi connectivity index (χ3v) is 4.70. The quantitative estimate of drug-likeness (QED) is 0.543. The number of methoxy groups -OCH3 is 2. The lowest BCUT2D eigenvalue weighted by molar-refractivity contribution is -0.144.